The zero-order valence-electron chi connectivity index (χ0n) is 21.6. The van der Waals surface area contributed by atoms with Crippen LogP contribution in [-0.4, -0.2) is 38.7 Å². The van der Waals surface area contributed by atoms with Gasteiger partial charge in [0.1, 0.15) is 0 Å². The Labute approximate surface area is 207 Å². The van der Waals surface area contributed by atoms with Crippen molar-refractivity contribution in [3.63, 3.8) is 0 Å². The molecule has 0 radical (unpaired) electrons. The van der Waals surface area contributed by atoms with E-state index in [9.17, 15) is 9.59 Å². The molecule has 1 rings (SSSR count). The SMILES string of the molecule is CCCCCCCCCCCCCCCCCCC(CC(=O)O)C(=O)O.NCCc1c[nH]cn1. The number of imidazole rings is 1. The molecule has 1 unspecified atom stereocenters. The molecule has 1 atom stereocenters. The van der Waals surface area contributed by atoms with Gasteiger partial charge in [-0.25, -0.2) is 4.98 Å². The maximum Gasteiger partial charge on any atom is 0.307 e. The van der Waals surface area contributed by atoms with Crippen LogP contribution in [0.3, 0.4) is 0 Å². The van der Waals surface area contributed by atoms with Crippen molar-refractivity contribution in [3.05, 3.63) is 18.2 Å². The van der Waals surface area contributed by atoms with Crippen LogP contribution in [0.25, 0.3) is 0 Å². The first-order valence-electron chi connectivity index (χ1n) is 13.6. The molecule has 0 aliphatic carbocycles. The number of H-pyrrole nitrogens is 1. The molecule has 0 saturated heterocycles. The quantitative estimate of drug-likeness (QED) is 0.136. The van der Waals surface area contributed by atoms with Crippen molar-refractivity contribution >= 4 is 11.9 Å². The number of aromatic nitrogens is 2. The molecule has 0 bridgehead atoms. The summed E-state index contributed by atoms with van der Waals surface area (Å²) in [5.41, 5.74) is 6.30. The zero-order chi connectivity index (χ0) is 25.3. The van der Waals surface area contributed by atoms with E-state index in [1.807, 2.05) is 6.20 Å². The summed E-state index contributed by atoms with van der Waals surface area (Å²) in [6.07, 6.45) is 25.2. The van der Waals surface area contributed by atoms with E-state index in [0.29, 0.717) is 13.0 Å². The van der Waals surface area contributed by atoms with Gasteiger partial charge in [-0.1, -0.05) is 110 Å². The molecule has 1 aromatic heterocycles. The minimum atomic E-state index is -1.02. The molecule has 0 fully saturated rings. The standard InChI is InChI=1S/C22H42O4.C5H9N3/c1-2-3-4-5-6-7-8-9-10-11-12-13-14-15-16-17-18-20(22(25)26)19-21(23)24;6-2-1-5-3-7-4-8-5/h20H,2-19H2,1H3,(H,23,24)(H,25,26);3-4H,1-2,6H2,(H,7,8). The third kappa shape index (κ3) is 21.9. The highest BCUT2D eigenvalue weighted by Crippen LogP contribution is 2.17. The van der Waals surface area contributed by atoms with Crippen molar-refractivity contribution in [1.82, 2.24) is 9.97 Å². The average Bonchev–Trinajstić information content (AvgIpc) is 3.31. The van der Waals surface area contributed by atoms with Crippen molar-refractivity contribution in [2.24, 2.45) is 11.7 Å². The summed E-state index contributed by atoms with van der Waals surface area (Å²) in [5.74, 6) is -2.72. The molecule has 7 heteroatoms. The third-order valence-corrected chi connectivity index (χ3v) is 6.13. The molecule has 0 aliphatic rings. The molecule has 0 spiro atoms. The Morgan fingerprint density at radius 3 is 1.68 bits per heavy atom. The molecule has 5 N–H and O–H groups in total. The lowest BCUT2D eigenvalue weighted by molar-refractivity contribution is -0.148. The molecule has 0 saturated carbocycles. The van der Waals surface area contributed by atoms with E-state index in [1.54, 1.807) is 6.33 Å². The first-order valence-corrected chi connectivity index (χ1v) is 13.6. The Morgan fingerprint density at radius 1 is 0.853 bits per heavy atom. The number of hydrogen-bond donors (Lipinski definition) is 4. The summed E-state index contributed by atoms with van der Waals surface area (Å²) in [6.45, 7) is 2.93. The maximum absolute atomic E-state index is 11.0. The van der Waals surface area contributed by atoms with Crippen molar-refractivity contribution < 1.29 is 19.8 Å². The first kappa shape index (κ1) is 32.1. The molecule has 7 nitrogen and oxygen atoms in total. The van der Waals surface area contributed by atoms with Gasteiger partial charge in [0.05, 0.1) is 24.4 Å². The predicted molar refractivity (Wildman–Crippen MR) is 139 cm³/mol. The van der Waals surface area contributed by atoms with Gasteiger partial charge in [-0.3, -0.25) is 9.59 Å². The molecule has 198 valence electrons. The van der Waals surface area contributed by atoms with Crippen LogP contribution in [-0.2, 0) is 16.0 Å². The fourth-order valence-electron chi connectivity index (χ4n) is 4.04. The fourth-order valence-corrected chi connectivity index (χ4v) is 4.04. The molecule has 0 aromatic carbocycles. The second-order valence-corrected chi connectivity index (χ2v) is 9.32. The predicted octanol–water partition coefficient (Wildman–Crippen LogP) is 6.72. The smallest absolute Gasteiger partial charge is 0.307 e. The van der Waals surface area contributed by atoms with Gasteiger partial charge in [-0.05, 0) is 13.0 Å². The lowest BCUT2D eigenvalue weighted by Gasteiger charge is -2.09. The topological polar surface area (TPSA) is 129 Å². The van der Waals surface area contributed by atoms with Gasteiger partial charge in [0.2, 0.25) is 0 Å². The number of nitrogens with one attached hydrogen (secondary N) is 1. The Morgan fingerprint density at radius 2 is 1.32 bits per heavy atom. The number of carbonyl (C=O) groups is 2. The molecule has 0 aliphatic heterocycles. The normalized spacial score (nSPS) is 11.6. The minimum Gasteiger partial charge on any atom is -0.481 e. The summed E-state index contributed by atoms with van der Waals surface area (Å²) < 4.78 is 0. The number of aliphatic carboxylic acids is 2. The van der Waals surface area contributed by atoms with E-state index in [1.165, 1.54) is 83.5 Å². The van der Waals surface area contributed by atoms with Crippen LogP contribution in [0.2, 0.25) is 0 Å². The monoisotopic (exact) mass is 481 g/mol. The van der Waals surface area contributed by atoms with Crippen LogP contribution >= 0.6 is 0 Å². The van der Waals surface area contributed by atoms with E-state index in [0.717, 1.165) is 31.4 Å². The third-order valence-electron chi connectivity index (χ3n) is 6.13. The molecule has 34 heavy (non-hydrogen) atoms. The summed E-state index contributed by atoms with van der Waals surface area (Å²) in [4.78, 5) is 28.4. The Hall–Kier alpha value is -1.89. The number of nitrogens with two attached hydrogens (primary N) is 1. The van der Waals surface area contributed by atoms with Crippen molar-refractivity contribution in [3.8, 4) is 0 Å². The van der Waals surface area contributed by atoms with Crippen LogP contribution in [0.1, 0.15) is 128 Å². The number of unbranched alkanes of at least 4 members (excludes halogenated alkanes) is 15. The lowest BCUT2D eigenvalue weighted by Crippen LogP contribution is -2.17. The van der Waals surface area contributed by atoms with E-state index in [2.05, 4.69) is 16.9 Å². The molecule has 0 amide bonds. The van der Waals surface area contributed by atoms with E-state index >= 15 is 0 Å². The van der Waals surface area contributed by atoms with Crippen LogP contribution in [0.5, 0.6) is 0 Å². The lowest BCUT2D eigenvalue weighted by atomic mass is 9.97. The summed E-state index contributed by atoms with van der Waals surface area (Å²) in [6, 6.07) is 0. The van der Waals surface area contributed by atoms with Crippen LogP contribution < -0.4 is 5.73 Å². The van der Waals surface area contributed by atoms with Crippen molar-refractivity contribution in [2.45, 2.75) is 129 Å². The first-order chi connectivity index (χ1) is 16.5. The van der Waals surface area contributed by atoms with Gasteiger partial charge in [0, 0.05) is 12.6 Å². The van der Waals surface area contributed by atoms with E-state index in [-0.39, 0.29) is 6.42 Å². The van der Waals surface area contributed by atoms with E-state index < -0.39 is 17.9 Å². The number of nitrogens with zero attached hydrogens (tertiary/aromatic N) is 1. The Balaban J connectivity index is 0.00000113. The van der Waals surface area contributed by atoms with Gasteiger partial charge in [0.25, 0.3) is 0 Å². The highest BCUT2D eigenvalue weighted by Gasteiger charge is 2.20. The van der Waals surface area contributed by atoms with E-state index in [4.69, 9.17) is 15.9 Å². The zero-order valence-corrected chi connectivity index (χ0v) is 21.6. The number of rotatable bonds is 22. The largest absolute Gasteiger partial charge is 0.481 e. The van der Waals surface area contributed by atoms with Crippen molar-refractivity contribution in [1.29, 1.82) is 0 Å². The van der Waals surface area contributed by atoms with Gasteiger partial charge in [-0.2, -0.15) is 0 Å². The number of carboxylic acids is 2. The average molecular weight is 482 g/mol. The summed E-state index contributed by atoms with van der Waals surface area (Å²) in [7, 11) is 0. The van der Waals surface area contributed by atoms with Crippen molar-refractivity contribution in [2.75, 3.05) is 6.54 Å². The highest BCUT2D eigenvalue weighted by atomic mass is 16.4. The molecular formula is C27H51N3O4. The summed E-state index contributed by atoms with van der Waals surface area (Å²) in [5, 5.41) is 17.7. The second-order valence-electron chi connectivity index (χ2n) is 9.32. The van der Waals surface area contributed by atoms with Crippen LogP contribution in [0, 0.1) is 5.92 Å². The van der Waals surface area contributed by atoms with Gasteiger partial charge < -0.3 is 20.9 Å². The highest BCUT2D eigenvalue weighted by molar-refractivity contribution is 5.77. The van der Waals surface area contributed by atoms with Gasteiger partial charge >= 0.3 is 11.9 Å². The second kappa shape index (κ2) is 24.2. The minimum absolute atomic E-state index is 0.256. The van der Waals surface area contributed by atoms with Gasteiger partial charge in [0.15, 0.2) is 0 Å². The number of carboxylic acid groups (broad SMARTS) is 2. The summed E-state index contributed by atoms with van der Waals surface area (Å²) >= 11 is 0. The number of hydrogen-bond acceptors (Lipinski definition) is 4. The molecule has 1 heterocycles. The van der Waals surface area contributed by atoms with Crippen LogP contribution in [0.15, 0.2) is 12.5 Å². The molecular weight excluding hydrogens is 430 g/mol. The van der Waals surface area contributed by atoms with Gasteiger partial charge in [-0.15, -0.1) is 0 Å². The maximum atomic E-state index is 11.0. The van der Waals surface area contributed by atoms with Crippen LogP contribution in [0.4, 0.5) is 0 Å². The Kier molecular flexibility index (Phi) is 22.9. The molecule has 1 aromatic rings. The fraction of sp³-hybridized carbons (Fsp3) is 0.815. The Bertz CT molecular complexity index is 578. The number of aromatic amines is 1.